The lowest BCUT2D eigenvalue weighted by Gasteiger charge is -2.11. The molecule has 0 saturated heterocycles. The van der Waals surface area contributed by atoms with E-state index in [1.807, 2.05) is 20.8 Å². The standard InChI is InChI=1S/C14H24N4O2S/c1-9(2)20-13(19)6-7-16-14(15-5)17-8-12-18-10(3)11(4)21-12/h9H,6-8H2,1-5H3,(H2,15,16,17). The highest BCUT2D eigenvalue weighted by molar-refractivity contribution is 7.11. The zero-order chi connectivity index (χ0) is 15.8. The fraction of sp³-hybridized carbons (Fsp3) is 0.643. The van der Waals surface area contributed by atoms with E-state index in [1.165, 1.54) is 4.88 Å². The number of aryl methyl sites for hydroxylation is 2. The van der Waals surface area contributed by atoms with Crippen LogP contribution in [-0.2, 0) is 16.1 Å². The van der Waals surface area contributed by atoms with Gasteiger partial charge in [0, 0.05) is 18.5 Å². The number of aliphatic imine (C=N–C) groups is 1. The van der Waals surface area contributed by atoms with E-state index in [0.717, 1.165) is 10.7 Å². The molecule has 0 unspecified atom stereocenters. The third kappa shape index (κ3) is 6.57. The van der Waals surface area contributed by atoms with Gasteiger partial charge >= 0.3 is 5.97 Å². The summed E-state index contributed by atoms with van der Waals surface area (Å²) in [5, 5.41) is 7.28. The molecule has 0 radical (unpaired) electrons. The van der Waals surface area contributed by atoms with Crippen LogP contribution in [0, 0.1) is 13.8 Å². The third-order valence-corrected chi connectivity index (χ3v) is 3.77. The van der Waals surface area contributed by atoms with Gasteiger partial charge in [-0.1, -0.05) is 0 Å². The van der Waals surface area contributed by atoms with E-state index in [1.54, 1.807) is 18.4 Å². The van der Waals surface area contributed by atoms with Gasteiger partial charge in [0.15, 0.2) is 5.96 Å². The third-order valence-electron chi connectivity index (χ3n) is 2.69. The van der Waals surface area contributed by atoms with Crippen LogP contribution in [0.5, 0.6) is 0 Å². The Hall–Kier alpha value is -1.63. The van der Waals surface area contributed by atoms with Crippen LogP contribution in [0.1, 0.15) is 35.8 Å². The Balaban J connectivity index is 2.31. The minimum atomic E-state index is -0.209. The van der Waals surface area contributed by atoms with Crippen molar-refractivity contribution in [3.63, 3.8) is 0 Å². The van der Waals surface area contributed by atoms with Crippen molar-refractivity contribution in [2.45, 2.75) is 46.8 Å². The van der Waals surface area contributed by atoms with Gasteiger partial charge in [0.25, 0.3) is 0 Å². The Labute approximate surface area is 130 Å². The fourth-order valence-electron chi connectivity index (χ4n) is 1.60. The van der Waals surface area contributed by atoms with Crippen LogP contribution in [0.2, 0.25) is 0 Å². The summed E-state index contributed by atoms with van der Waals surface area (Å²) in [7, 11) is 1.69. The van der Waals surface area contributed by atoms with Crippen molar-refractivity contribution >= 4 is 23.3 Å². The number of carbonyl (C=O) groups excluding carboxylic acids is 1. The van der Waals surface area contributed by atoms with Gasteiger partial charge in [-0.2, -0.15) is 0 Å². The molecule has 1 heterocycles. The van der Waals surface area contributed by atoms with Crippen molar-refractivity contribution in [3.8, 4) is 0 Å². The van der Waals surface area contributed by atoms with Gasteiger partial charge in [-0.25, -0.2) is 4.98 Å². The Morgan fingerprint density at radius 1 is 1.38 bits per heavy atom. The molecule has 6 nitrogen and oxygen atoms in total. The molecule has 0 bridgehead atoms. The molecular formula is C14H24N4O2S. The normalized spacial score (nSPS) is 11.6. The molecule has 0 aliphatic rings. The highest BCUT2D eigenvalue weighted by Gasteiger charge is 2.07. The van der Waals surface area contributed by atoms with E-state index in [-0.39, 0.29) is 12.1 Å². The lowest BCUT2D eigenvalue weighted by molar-refractivity contribution is -0.147. The molecule has 7 heteroatoms. The van der Waals surface area contributed by atoms with E-state index in [9.17, 15) is 4.79 Å². The van der Waals surface area contributed by atoms with Crippen molar-refractivity contribution in [2.75, 3.05) is 13.6 Å². The van der Waals surface area contributed by atoms with Gasteiger partial charge in [0.05, 0.1) is 24.8 Å². The summed E-state index contributed by atoms with van der Waals surface area (Å²) in [6.07, 6.45) is 0.236. The van der Waals surface area contributed by atoms with Crippen molar-refractivity contribution < 1.29 is 9.53 Å². The maximum absolute atomic E-state index is 11.4. The van der Waals surface area contributed by atoms with E-state index >= 15 is 0 Å². The first-order chi connectivity index (χ1) is 9.92. The second-order valence-electron chi connectivity index (χ2n) is 4.89. The molecule has 118 valence electrons. The number of thiazole rings is 1. The van der Waals surface area contributed by atoms with Crippen molar-refractivity contribution in [3.05, 3.63) is 15.6 Å². The van der Waals surface area contributed by atoms with Crippen LogP contribution < -0.4 is 10.6 Å². The molecule has 1 aromatic rings. The Morgan fingerprint density at radius 3 is 2.62 bits per heavy atom. The zero-order valence-electron chi connectivity index (χ0n) is 13.3. The van der Waals surface area contributed by atoms with Gasteiger partial charge in [0.2, 0.25) is 0 Å². The molecular weight excluding hydrogens is 288 g/mol. The van der Waals surface area contributed by atoms with Crippen LogP contribution in [0.25, 0.3) is 0 Å². The molecule has 0 aliphatic carbocycles. The lowest BCUT2D eigenvalue weighted by Crippen LogP contribution is -2.38. The van der Waals surface area contributed by atoms with Crippen LogP contribution in [0.3, 0.4) is 0 Å². The number of esters is 1. The summed E-state index contributed by atoms with van der Waals surface area (Å²) in [6.45, 7) is 8.84. The quantitative estimate of drug-likeness (QED) is 0.476. The number of nitrogens with zero attached hydrogens (tertiary/aromatic N) is 2. The highest BCUT2D eigenvalue weighted by Crippen LogP contribution is 2.15. The van der Waals surface area contributed by atoms with Crippen LogP contribution in [0.4, 0.5) is 0 Å². The summed E-state index contributed by atoms with van der Waals surface area (Å²) in [5.74, 6) is 0.442. The number of ether oxygens (including phenoxy) is 1. The maximum Gasteiger partial charge on any atom is 0.307 e. The lowest BCUT2D eigenvalue weighted by atomic mass is 10.4. The average Bonchev–Trinajstić information content (AvgIpc) is 2.72. The maximum atomic E-state index is 11.4. The molecule has 0 atom stereocenters. The SMILES string of the molecule is CN=C(NCCC(=O)OC(C)C)NCc1nc(C)c(C)s1. The van der Waals surface area contributed by atoms with Gasteiger partial charge < -0.3 is 15.4 Å². The summed E-state index contributed by atoms with van der Waals surface area (Å²) in [5.41, 5.74) is 1.07. The smallest absolute Gasteiger partial charge is 0.307 e. The molecule has 21 heavy (non-hydrogen) atoms. The molecule has 0 saturated carbocycles. The molecule has 0 aromatic carbocycles. The Morgan fingerprint density at radius 2 is 2.10 bits per heavy atom. The van der Waals surface area contributed by atoms with Gasteiger partial charge in [-0.15, -0.1) is 11.3 Å². The number of guanidine groups is 1. The molecule has 1 rings (SSSR count). The van der Waals surface area contributed by atoms with E-state index < -0.39 is 0 Å². The van der Waals surface area contributed by atoms with Crippen LogP contribution in [0.15, 0.2) is 4.99 Å². The number of hydrogen-bond donors (Lipinski definition) is 2. The number of hydrogen-bond acceptors (Lipinski definition) is 5. The van der Waals surface area contributed by atoms with Crippen LogP contribution >= 0.6 is 11.3 Å². The minimum Gasteiger partial charge on any atom is -0.463 e. The summed E-state index contributed by atoms with van der Waals surface area (Å²) in [4.78, 5) is 21.2. The van der Waals surface area contributed by atoms with E-state index in [2.05, 4.69) is 27.5 Å². The predicted octanol–water partition coefficient (Wildman–Crippen LogP) is 1.77. The first-order valence-corrected chi connectivity index (χ1v) is 7.81. The number of nitrogens with one attached hydrogen (secondary N) is 2. The summed E-state index contributed by atoms with van der Waals surface area (Å²) in [6, 6.07) is 0. The Kier molecular flexibility index (Phi) is 7.14. The largest absolute Gasteiger partial charge is 0.463 e. The Bertz CT molecular complexity index is 478. The molecule has 2 N–H and O–H groups in total. The topological polar surface area (TPSA) is 75.6 Å². The highest BCUT2D eigenvalue weighted by atomic mass is 32.1. The minimum absolute atomic E-state index is 0.0775. The number of carbonyl (C=O) groups is 1. The fourth-order valence-corrected chi connectivity index (χ4v) is 2.47. The molecule has 0 fully saturated rings. The van der Waals surface area contributed by atoms with Gasteiger partial charge in [-0.05, 0) is 27.7 Å². The number of aromatic nitrogens is 1. The second-order valence-corrected chi connectivity index (χ2v) is 6.18. The van der Waals surface area contributed by atoms with Crippen molar-refractivity contribution in [2.24, 2.45) is 4.99 Å². The number of rotatable bonds is 6. The summed E-state index contributed by atoms with van der Waals surface area (Å²) < 4.78 is 5.06. The van der Waals surface area contributed by atoms with Crippen molar-refractivity contribution in [1.29, 1.82) is 0 Å². The average molecular weight is 312 g/mol. The first-order valence-electron chi connectivity index (χ1n) is 6.99. The monoisotopic (exact) mass is 312 g/mol. The summed E-state index contributed by atoms with van der Waals surface area (Å²) >= 11 is 1.67. The zero-order valence-corrected chi connectivity index (χ0v) is 14.1. The first kappa shape index (κ1) is 17.4. The van der Waals surface area contributed by atoms with E-state index in [4.69, 9.17) is 4.74 Å². The molecule has 0 aliphatic heterocycles. The van der Waals surface area contributed by atoms with Gasteiger partial charge in [-0.3, -0.25) is 9.79 Å². The van der Waals surface area contributed by atoms with Crippen LogP contribution in [-0.4, -0.2) is 36.6 Å². The molecule has 0 spiro atoms. The van der Waals surface area contributed by atoms with E-state index in [0.29, 0.717) is 25.5 Å². The molecule has 0 amide bonds. The second kappa shape index (κ2) is 8.61. The predicted molar refractivity (Wildman–Crippen MR) is 85.6 cm³/mol. The van der Waals surface area contributed by atoms with Gasteiger partial charge in [0.1, 0.15) is 5.01 Å². The van der Waals surface area contributed by atoms with Crippen molar-refractivity contribution in [1.82, 2.24) is 15.6 Å². The molecule has 1 aromatic heterocycles.